The van der Waals surface area contributed by atoms with E-state index in [2.05, 4.69) is 19.2 Å². The van der Waals surface area contributed by atoms with E-state index in [9.17, 15) is 4.79 Å². The number of ether oxygens (including phenoxy) is 1. The van der Waals surface area contributed by atoms with E-state index in [1.165, 1.54) is 0 Å². The Kier molecular flexibility index (Phi) is 6.52. The first-order chi connectivity index (χ1) is 9.38. The van der Waals surface area contributed by atoms with Crippen LogP contribution in [0.4, 0.5) is 11.4 Å². The Labute approximate surface area is 121 Å². The summed E-state index contributed by atoms with van der Waals surface area (Å²) < 4.78 is 5.63. The van der Waals surface area contributed by atoms with E-state index in [-0.39, 0.29) is 12.0 Å². The third-order valence-electron chi connectivity index (χ3n) is 3.07. The summed E-state index contributed by atoms with van der Waals surface area (Å²) in [6, 6.07) is 5.49. The first-order valence-corrected chi connectivity index (χ1v) is 7.16. The normalized spacial score (nSPS) is 12.4. The fraction of sp³-hybridized carbons (Fsp3) is 0.562. The second kappa shape index (κ2) is 7.90. The molecule has 4 nitrogen and oxygen atoms in total. The Hall–Kier alpha value is -1.55. The van der Waals surface area contributed by atoms with Crippen molar-refractivity contribution in [2.75, 3.05) is 17.7 Å². The van der Waals surface area contributed by atoms with Crippen molar-refractivity contribution in [3.8, 4) is 0 Å². The molecule has 0 aromatic heterocycles. The molecule has 1 atom stereocenters. The monoisotopic (exact) mass is 278 g/mol. The molecule has 0 aliphatic carbocycles. The zero-order valence-electron chi connectivity index (χ0n) is 12.9. The van der Waals surface area contributed by atoms with E-state index in [1.54, 1.807) is 6.07 Å². The number of hydrogen-bond acceptors (Lipinski definition) is 3. The van der Waals surface area contributed by atoms with Crippen molar-refractivity contribution in [3.63, 3.8) is 0 Å². The van der Waals surface area contributed by atoms with Crippen molar-refractivity contribution in [1.29, 1.82) is 0 Å². The molecule has 4 heteroatoms. The van der Waals surface area contributed by atoms with Crippen molar-refractivity contribution in [1.82, 2.24) is 0 Å². The predicted molar refractivity (Wildman–Crippen MR) is 83.7 cm³/mol. The quantitative estimate of drug-likeness (QED) is 0.752. The fourth-order valence-corrected chi connectivity index (χ4v) is 2.07. The number of amides is 1. The number of carbonyl (C=O) groups excluding carboxylic acids is 1. The molecule has 0 aliphatic rings. The first-order valence-electron chi connectivity index (χ1n) is 7.16. The van der Waals surface area contributed by atoms with Crippen LogP contribution in [0.1, 0.15) is 39.2 Å². The molecule has 1 amide bonds. The van der Waals surface area contributed by atoms with Gasteiger partial charge < -0.3 is 15.8 Å². The van der Waals surface area contributed by atoms with Crippen LogP contribution in [0.5, 0.6) is 0 Å². The van der Waals surface area contributed by atoms with Gasteiger partial charge in [-0.05, 0) is 43.9 Å². The first kappa shape index (κ1) is 16.5. The molecule has 1 aromatic carbocycles. The van der Waals surface area contributed by atoms with Crippen LogP contribution in [0.2, 0.25) is 0 Å². The van der Waals surface area contributed by atoms with Gasteiger partial charge in [0.2, 0.25) is 5.91 Å². The van der Waals surface area contributed by atoms with E-state index >= 15 is 0 Å². The molecular formula is C16H26N2O2. The average Bonchev–Trinajstić information content (AvgIpc) is 2.33. The Morgan fingerprint density at radius 1 is 1.35 bits per heavy atom. The van der Waals surface area contributed by atoms with Gasteiger partial charge in [0.15, 0.2) is 0 Å². The maximum absolute atomic E-state index is 11.8. The standard InChI is InChI=1S/C16H26N2O2/c1-11(2)9-13(4)20-8-7-16(19)18-15-10-14(17)6-5-12(15)3/h5-6,10-11,13H,7-9,17H2,1-4H3,(H,18,19). The third-order valence-corrected chi connectivity index (χ3v) is 3.07. The average molecular weight is 278 g/mol. The molecular weight excluding hydrogens is 252 g/mol. The number of nitrogens with two attached hydrogens (primary N) is 1. The minimum absolute atomic E-state index is 0.0459. The van der Waals surface area contributed by atoms with Crippen LogP contribution >= 0.6 is 0 Å². The molecule has 0 fully saturated rings. The van der Waals surface area contributed by atoms with Gasteiger partial charge in [-0.2, -0.15) is 0 Å². The molecule has 0 spiro atoms. The summed E-state index contributed by atoms with van der Waals surface area (Å²) in [6.45, 7) is 8.75. The molecule has 0 saturated carbocycles. The van der Waals surface area contributed by atoms with Crippen LogP contribution < -0.4 is 11.1 Å². The summed E-state index contributed by atoms with van der Waals surface area (Å²) in [7, 11) is 0. The molecule has 0 radical (unpaired) electrons. The van der Waals surface area contributed by atoms with Gasteiger partial charge in [-0.15, -0.1) is 0 Å². The highest BCUT2D eigenvalue weighted by Gasteiger charge is 2.08. The maximum Gasteiger partial charge on any atom is 0.226 e. The number of carbonyl (C=O) groups is 1. The molecule has 3 N–H and O–H groups in total. The Balaban J connectivity index is 2.35. The number of rotatable bonds is 7. The highest BCUT2D eigenvalue weighted by atomic mass is 16.5. The van der Waals surface area contributed by atoms with E-state index in [1.807, 2.05) is 26.0 Å². The zero-order valence-corrected chi connectivity index (χ0v) is 12.9. The number of benzene rings is 1. The minimum atomic E-state index is -0.0459. The lowest BCUT2D eigenvalue weighted by Crippen LogP contribution is -2.18. The summed E-state index contributed by atoms with van der Waals surface area (Å²) in [5.41, 5.74) is 8.13. The van der Waals surface area contributed by atoms with Crippen LogP contribution in [0.3, 0.4) is 0 Å². The number of aryl methyl sites for hydroxylation is 1. The third kappa shape index (κ3) is 6.06. The van der Waals surface area contributed by atoms with E-state index in [0.29, 0.717) is 24.6 Å². The van der Waals surface area contributed by atoms with Gasteiger partial charge in [-0.25, -0.2) is 0 Å². The summed E-state index contributed by atoms with van der Waals surface area (Å²) in [4.78, 5) is 11.8. The molecule has 0 bridgehead atoms. The predicted octanol–water partition coefficient (Wildman–Crippen LogP) is 3.36. The zero-order chi connectivity index (χ0) is 15.1. The molecule has 1 unspecified atom stereocenters. The summed E-state index contributed by atoms with van der Waals surface area (Å²) in [6.07, 6.45) is 1.56. The molecule has 112 valence electrons. The van der Waals surface area contributed by atoms with Gasteiger partial charge in [0.05, 0.1) is 19.1 Å². The second-order valence-electron chi connectivity index (χ2n) is 5.68. The number of nitrogen functional groups attached to an aromatic ring is 1. The Morgan fingerprint density at radius 3 is 2.70 bits per heavy atom. The smallest absolute Gasteiger partial charge is 0.226 e. The Bertz CT molecular complexity index is 444. The maximum atomic E-state index is 11.8. The fourth-order valence-electron chi connectivity index (χ4n) is 2.07. The minimum Gasteiger partial charge on any atom is -0.399 e. The summed E-state index contributed by atoms with van der Waals surface area (Å²) in [5.74, 6) is 0.559. The van der Waals surface area contributed by atoms with Gasteiger partial charge in [0, 0.05) is 11.4 Å². The van der Waals surface area contributed by atoms with Crippen molar-refractivity contribution in [2.45, 2.75) is 46.6 Å². The summed E-state index contributed by atoms with van der Waals surface area (Å²) >= 11 is 0. The van der Waals surface area contributed by atoms with E-state index in [4.69, 9.17) is 10.5 Å². The topological polar surface area (TPSA) is 64.3 Å². The molecule has 1 rings (SSSR count). The van der Waals surface area contributed by atoms with Gasteiger partial charge in [-0.3, -0.25) is 4.79 Å². The van der Waals surface area contributed by atoms with Crippen LogP contribution in [0, 0.1) is 12.8 Å². The number of hydrogen-bond donors (Lipinski definition) is 2. The highest BCUT2D eigenvalue weighted by molar-refractivity contribution is 5.92. The second-order valence-corrected chi connectivity index (χ2v) is 5.68. The Morgan fingerprint density at radius 2 is 2.05 bits per heavy atom. The molecule has 0 aliphatic heterocycles. The van der Waals surface area contributed by atoms with Crippen LogP contribution in [-0.4, -0.2) is 18.6 Å². The number of nitrogens with one attached hydrogen (secondary N) is 1. The molecule has 1 aromatic rings. The van der Waals surface area contributed by atoms with Crippen LogP contribution in [-0.2, 0) is 9.53 Å². The van der Waals surface area contributed by atoms with Gasteiger partial charge in [0.1, 0.15) is 0 Å². The highest BCUT2D eigenvalue weighted by Crippen LogP contribution is 2.18. The van der Waals surface area contributed by atoms with Gasteiger partial charge in [0.25, 0.3) is 0 Å². The lowest BCUT2D eigenvalue weighted by molar-refractivity contribution is -0.117. The number of anilines is 2. The van der Waals surface area contributed by atoms with Crippen molar-refractivity contribution in [3.05, 3.63) is 23.8 Å². The summed E-state index contributed by atoms with van der Waals surface area (Å²) in [5, 5.41) is 2.87. The van der Waals surface area contributed by atoms with E-state index in [0.717, 1.165) is 17.7 Å². The van der Waals surface area contributed by atoms with Crippen LogP contribution in [0.15, 0.2) is 18.2 Å². The SMILES string of the molecule is Cc1ccc(N)cc1NC(=O)CCOC(C)CC(C)C. The van der Waals surface area contributed by atoms with Gasteiger partial charge in [-0.1, -0.05) is 19.9 Å². The molecule has 0 saturated heterocycles. The largest absolute Gasteiger partial charge is 0.399 e. The van der Waals surface area contributed by atoms with Crippen molar-refractivity contribution >= 4 is 17.3 Å². The van der Waals surface area contributed by atoms with Crippen molar-refractivity contribution in [2.24, 2.45) is 5.92 Å². The van der Waals surface area contributed by atoms with E-state index < -0.39 is 0 Å². The van der Waals surface area contributed by atoms with Crippen LogP contribution in [0.25, 0.3) is 0 Å². The molecule has 0 heterocycles. The molecule has 20 heavy (non-hydrogen) atoms. The van der Waals surface area contributed by atoms with Crippen molar-refractivity contribution < 1.29 is 9.53 Å². The van der Waals surface area contributed by atoms with Gasteiger partial charge >= 0.3 is 0 Å². The lowest BCUT2D eigenvalue weighted by atomic mass is 10.1. The lowest BCUT2D eigenvalue weighted by Gasteiger charge is -2.15.